The number of nitrogens with zero attached hydrogens (tertiary/aromatic N) is 2. The second-order valence-electron chi connectivity index (χ2n) is 7.78. The van der Waals surface area contributed by atoms with Crippen LogP contribution >= 0.6 is 12.2 Å². The van der Waals surface area contributed by atoms with Gasteiger partial charge in [0.25, 0.3) is 11.8 Å². The second-order valence-corrected chi connectivity index (χ2v) is 8.17. The zero-order valence-corrected chi connectivity index (χ0v) is 19.1. The third-order valence-electron chi connectivity index (χ3n) is 5.51. The van der Waals surface area contributed by atoms with E-state index in [0.29, 0.717) is 22.6 Å². The molecule has 8 heteroatoms. The highest BCUT2D eigenvalue weighted by Crippen LogP contribution is 2.27. The summed E-state index contributed by atoms with van der Waals surface area (Å²) in [5.74, 6) is -2.14. The van der Waals surface area contributed by atoms with Gasteiger partial charge >= 0.3 is 5.97 Å². The molecule has 0 bridgehead atoms. The highest BCUT2D eigenvalue weighted by Gasteiger charge is 2.34. The van der Waals surface area contributed by atoms with Crippen molar-refractivity contribution in [2.45, 2.75) is 20.8 Å². The first-order valence-corrected chi connectivity index (χ1v) is 10.6. The zero-order valence-electron chi connectivity index (χ0n) is 18.2. The van der Waals surface area contributed by atoms with Crippen molar-refractivity contribution in [3.05, 3.63) is 88.2 Å². The molecule has 2 heterocycles. The van der Waals surface area contributed by atoms with Gasteiger partial charge in [-0.3, -0.25) is 19.8 Å². The van der Waals surface area contributed by atoms with Gasteiger partial charge in [0.15, 0.2) is 5.11 Å². The van der Waals surface area contributed by atoms with Crippen LogP contribution in [-0.2, 0) is 9.59 Å². The van der Waals surface area contributed by atoms with Gasteiger partial charge in [-0.05, 0) is 80.5 Å². The molecule has 1 aliphatic heterocycles. The molecule has 0 aliphatic carbocycles. The molecule has 0 unspecified atom stereocenters. The zero-order chi connectivity index (χ0) is 23.9. The molecule has 3 aromatic rings. The Morgan fingerprint density at radius 1 is 1.03 bits per heavy atom. The number of amides is 2. The monoisotopic (exact) mass is 459 g/mol. The van der Waals surface area contributed by atoms with E-state index >= 15 is 0 Å². The molecule has 166 valence electrons. The van der Waals surface area contributed by atoms with Crippen LogP contribution in [0.3, 0.4) is 0 Å². The molecule has 2 aromatic carbocycles. The van der Waals surface area contributed by atoms with Gasteiger partial charge in [-0.2, -0.15) is 0 Å². The minimum absolute atomic E-state index is 0.0219. The molecule has 2 amide bonds. The maximum Gasteiger partial charge on any atom is 0.337 e. The van der Waals surface area contributed by atoms with E-state index in [-0.39, 0.29) is 16.2 Å². The van der Waals surface area contributed by atoms with Crippen LogP contribution in [0.4, 0.5) is 5.69 Å². The number of hydrogen-bond acceptors (Lipinski definition) is 4. The van der Waals surface area contributed by atoms with Crippen molar-refractivity contribution in [2.24, 2.45) is 0 Å². The van der Waals surface area contributed by atoms with Crippen LogP contribution in [0.2, 0.25) is 0 Å². The lowest BCUT2D eigenvalue weighted by atomic mass is 10.1. The Bertz CT molecular complexity index is 1370. The standard InChI is InChI=1S/C25H21N3O4S/c1-14-7-6-8-18(11-14)28-23(30)20(22(29)26-25(28)33)13-17-12-15(2)27(16(17)3)21-10-5-4-9-19(21)24(31)32/h4-13H,1-3H3,(H,31,32)(H,26,29,33)/b20-13+. The maximum atomic E-state index is 13.3. The number of aryl methyl sites for hydroxylation is 2. The molecule has 0 atom stereocenters. The van der Waals surface area contributed by atoms with Crippen LogP contribution < -0.4 is 10.2 Å². The van der Waals surface area contributed by atoms with E-state index in [4.69, 9.17) is 12.2 Å². The Morgan fingerprint density at radius 3 is 2.45 bits per heavy atom. The summed E-state index contributed by atoms with van der Waals surface area (Å²) in [5.41, 5.74) is 4.21. The fraction of sp³-hybridized carbons (Fsp3) is 0.120. The SMILES string of the molecule is Cc1cccc(N2C(=O)/C(=C/c3cc(C)n(-c4ccccc4C(=O)O)c3C)C(=O)NC2=S)c1. The fourth-order valence-electron chi connectivity index (χ4n) is 3.97. The van der Waals surface area contributed by atoms with Gasteiger partial charge in [-0.15, -0.1) is 0 Å². The van der Waals surface area contributed by atoms with E-state index in [1.807, 2.05) is 45.0 Å². The number of aromatic nitrogens is 1. The Labute approximate surface area is 196 Å². The number of carboxylic acids is 1. The van der Waals surface area contributed by atoms with Crippen molar-refractivity contribution in [1.82, 2.24) is 9.88 Å². The molecule has 0 radical (unpaired) electrons. The Morgan fingerprint density at radius 2 is 1.76 bits per heavy atom. The summed E-state index contributed by atoms with van der Waals surface area (Å²) < 4.78 is 1.80. The summed E-state index contributed by atoms with van der Waals surface area (Å²) in [6.07, 6.45) is 1.52. The molecule has 1 aromatic heterocycles. The van der Waals surface area contributed by atoms with Gasteiger partial charge in [0.1, 0.15) is 5.57 Å². The molecule has 7 nitrogen and oxygen atoms in total. The summed E-state index contributed by atoms with van der Waals surface area (Å²) in [6.45, 7) is 5.55. The second kappa shape index (κ2) is 8.48. The predicted molar refractivity (Wildman–Crippen MR) is 130 cm³/mol. The number of rotatable bonds is 4. The first kappa shape index (κ1) is 22.2. The largest absolute Gasteiger partial charge is 0.478 e. The number of benzene rings is 2. The topological polar surface area (TPSA) is 91.6 Å². The van der Waals surface area contributed by atoms with E-state index in [1.54, 1.807) is 28.8 Å². The van der Waals surface area contributed by atoms with Gasteiger partial charge in [0.2, 0.25) is 0 Å². The van der Waals surface area contributed by atoms with E-state index in [9.17, 15) is 19.5 Å². The van der Waals surface area contributed by atoms with Gasteiger partial charge < -0.3 is 9.67 Å². The summed E-state index contributed by atoms with van der Waals surface area (Å²) in [5, 5.41) is 12.2. The van der Waals surface area contributed by atoms with Crippen LogP contribution in [0.1, 0.15) is 32.9 Å². The predicted octanol–water partition coefficient (Wildman–Crippen LogP) is 3.93. The lowest BCUT2D eigenvalue weighted by molar-refractivity contribution is -0.122. The number of anilines is 1. The lowest BCUT2D eigenvalue weighted by Gasteiger charge is -2.29. The summed E-state index contributed by atoms with van der Waals surface area (Å²) in [6, 6.07) is 15.8. The highest BCUT2D eigenvalue weighted by molar-refractivity contribution is 7.80. The van der Waals surface area contributed by atoms with Crippen LogP contribution in [0.15, 0.2) is 60.2 Å². The Hall–Kier alpha value is -4.04. The van der Waals surface area contributed by atoms with Crippen LogP contribution in [-0.4, -0.2) is 32.6 Å². The van der Waals surface area contributed by atoms with E-state index < -0.39 is 17.8 Å². The Kier molecular flexibility index (Phi) is 5.69. The molecule has 1 aliphatic rings. The van der Waals surface area contributed by atoms with Gasteiger partial charge in [0.05, 0.1) is 16.9 Å². The molecule has 0 spiro atoms. The average molecular weight is 460 g/mol. The third-order valence-corrected chi connectivity index (χ3v) is 5.79. The van der Waals surface area contributed by atoms with E-state index in [1.165, 1.54) is 17.0 Å². The number of hydrogen-bond donors (Lipinski definition) is 2. The van der Waals surface area contributed by atoms with Crippen molar-refractivity contribution in [2.75, 3.05) is 4.90 Å². The van der Waals surface area contributed by atoms with Crippen molar-refractivity contribution >= 4 is 46.9 Å². The van der Waals surface area contributed by atoms with Gasteiger partial charge in [-0.25, -0.2) is 4.79 Å². The fourth-order valence-corrected chi connectivity index (χ4v) is 4.25. The molecule has 1 saturated heterocycles. The number of carbonyl (C=O) groups excluding carboxylic acids is 2. The molecular formula is C25H21N3O4S. The quantitative estimate of drug-likeness (QED) is 0.350. The Balaban J connectivity index is 1.80. The number of thiocarbonyl (C=S) groups is 1. The van der Waals surface area contributed by atoms with Crippen molar-refractivity contribution in [1.29, 1.82) is 0 Å². The van der Waals surface area contributed by atoms with Crippen molar-refractivity contribution < 1.29 is 19.5 Å². The summed E-state index contributed by atoms with van der Waals surface area (Å²) >= 11 is 5.26. The lowest BCUT2D eigenvalue weighted by Crippen LogP contribution is -2.54. The number of para-hydroxylation sites is 1. The smallest absolute Gasteiger partial charge is 0.337 e. The van der Waals surface area contributed by atoms with E-state index in [2.05, 4.69) is 5.32 Å². The minimum atomic E-state index is -1.04. The van der Waals surface area contributed by atoms with Gasteiger partial charge in [-0.1, -0.05) is 24.3 Å². The van der Waals surface area contributed by atoms with E-state index in [0.717, 1.165) is 11.3 Å². The van der Waals surface area contributed by atoms with Gasteiger partial charge in [0, 0.05) is 11.4 Å². The normalized spacial score (nSPS) is 15.2. The molecule has 0 saturated carbocycles. The van der Waals surface area contributed by atoms with Crippen LogP contribution in [0, 0.1) is 20.8 Å². The highest BCUT2D eigenvalue weighted by atomic mass is 32.1. The van der Waals surface area contributed by atoms with Crippen LogP contribution in [0.25, 0.3) is 11.8 Å². The number of aromatic carboxylic acids is 1. The molecule has 33 heavy (non-hydrogen) atoms. The molecule has 2 N–H and O–H groups in total. The first-order chi connectivity index (χ1) is 15.7. The number of carbonyl (C=O) groups is 3. The maximum absolute atomic E-state index is 13.3. The minimum Gasteiger partial charge on any atom is -0.478 e. The molecule has 1 fully saturated rings. The molecule has 4 rings (SSSR count). The molecular weight excluding hydrogens is 438 g/mol. The average Bonchev–Trinajstić information content (AvgIpc) is 3.03. The number of nitrogens with one attached hydrogen (secondary N) is 1. The summed E-state index contributed by atoms with van der Waals surface area (Å²) in [7, 11) is 0. The number of carboxylic acid groups (broad SMARTS) is 1. The van der Waals surface area contributed by atoms with Crippen molar-refractivity contribution in [3.63, 3.8) is 0 Å². The summed E-state index contributed by atoms with van der Waals surface area (Å²) in [4.78, 5) is 39.0. The van der Waals surface area contributed by atoms with Crippen molar-refractivity contribution in [3.8, 4) is 5.69 Å². The van der Waals surface area contributed by atoms with Crippen LogP contribution in [0.5, 0.6) is 0 Å². The third kappa shape index (κ3) is 3.96. The first-order valence-electron chi connectivity index (χ1n) is 10.2.